The van der Waals surface area contributed by atoms with E-state index in [1.807, 2.05) is 11.9 Å². The van der Waals surface area contributed by atoms with Gasteiger partial charge in [-0.05, 0) is 37.7 Å². The van der Waals surface area contributed by atoms with Crippen molar-refractivity contribution in [3.63, 3.8) is 0 Å². The molecule has 1 aromatic carbocycles. The summed E-state index contributed by atoms with van der Waals surface area (Å²) in [4.78, 5) is 1.96. The Kier molecular flexibility index (Phi) is 4.94. The molecule has 3 heteroatoms. The molecule has 16 heavy (non-hydrogen) atoms. The van der Waals surface area contributed by atoms with E-state index in [2.05, 4.69) is 13.0 Å². The minimum atomic E-state index is -0.359. The van der Waals surface area contributed by atoms with Crippen LogP contribution < -0.4 is 0 Å². The highest BCUT2D eigenvalue weighted by atomic mass is 19.1. The van der Waals surface area contributed by atoms with Crippen LogP contribution in [0.2, 0.25) is 0 Å². The molecule has 1 rings (SSSR count). The maximum atomic E-state index is 13.1. The Morgan fingerprint density at radius 2 is 2.25 bits per heavy atom. The van der Waals surface area contributed by atoms with Gasteiger partial charge in [0.25, 0.3) is 0 Å². The van der Waals surface area contributed by atoms with E-state index in [0.29, 0.717) is 0 Å². The highest BCUT2D eigenvalue weighted by molar-refractivity contribution is 5.24. The second-order valence-corrected chi connectivity index (χ2v) is 3.92. The van der Waals surface area contributed by atoms with Crippen LogP contribution in [0, 0.1) is 17.1 Å². The molecule has 0 aliphatic rings. The smallest absolute Gasteiger partial charge is 0.123 e. The molecule has 0 amide bonds. The first kappa shape index (κ1) is 12.7. The van der Waals surface area contributed by atoms with Gasteiger partial charge in [0.15, 0.2) is 0 Å². The number of halogens is 1. The summed E-state index contributed by atoms with van der Waals surface area (Å²) < 4.78 is 13.1. The van der Waals surface area contributed by atoms with Gasteiger partial charge in [-0.25, -0.2) is 4.39 Å². The van der Waals surface area contributed by atoms with Gasteiger partial charge in [0.1, 0.15) is 11.9 Å². The molecule has 0 saturated carbocycles. The molecule has 2 nitrogen and oxygen atoms in total. The van der Waals surface area contributed by atoms with Gasteiger partial charge < -0.3 is 0 Å². The van der Waals surface area contributed by atoms with E-state index in [9.17, 15) is 4.39 Å². The Bertz CT molecular complexity index is 370. The SMILES string of the molecule is CCCCN(C)C(C#N)c1cccc(F)c1. The molecule has 0 aliphatic heterocycles. The van der Waals surface area contributed by atoms with Gasteiger partial charge in [0.2, 0.25) is 0 Å². The summed E-state index contributed by atoms with van der Waals surface area (Å²) in [6, 6.07) is 8.11. The highest BCUT2D eigenvalue weighted by Crippen LogP contribution is 2.19. The predicted molar refractivity (Wildman–Crippen MR) is 62.3 cm³/mol. The van der Waals surface area contributed by atoms with Crippen LogP contribution in [0.3, 0.4) is 0 Å². The summed E-state index contributed by atoms with van der Waals surface area (Å²) >= 11 is 0. The van der Waals surface area contributed by atoms with Gasteiger partial charge in [-0.2, -0.15) is 5.26 Å². The number of hydrogen-bond acceptors (Lipinski definition) is 2. The molecule has 0 heterocycles. The normalized spacial score (nSPS) is 12.4. The van der Waals surface area contributed by atoms with Crippen LogP contribution in [0.5, 0.6) is 0 Å². The summed E-state index contributed by atoms with van der Waals surface area (Å²) in [5.74, 6) is -0.290. The topological polar surface area (TPSA) is 27.0 Å². The monoisotopic (exact) mass is 220 g/mol. The number of benzene rings is 1. The number of nitrogens with zero attached hydrogens (tertiary/aromatic N) is 2. The van der Waals surface area contributed by atoms with Crippen molar-refractivity contribution in [1.29, 1.82) is 5.26 Å². The van der Waals surface area contributed by atoms with E-state index >= 15 is 0 Å². The Balaban J connectivity index is 2.78. The summed E-state index contributed by atoms with van der Waals surface area (Å²) in [6.07, 6.45) is 2.13. The quantitative estimate of drug-likeness (QED) is 0.762. The van der Waals surface area contributed by atoms with Gasteiger partial charge in [-0.15, -0.1) is 0 Å². The van der Waals surface area contributed by atoms with E-state index in [4.69, 9.17) is 5.26 Å². The van der Waals surface area contributed by atoms with Crippen LogP contribution in [-0.2, 0) is 0 Å². The van der Waals surface area contributed by atoms with Gasteiger partial charge in [0.05, 0.1) is 6.07 Å². The Hall–Kier alpha value is -1.40. The summed E-state index contributed by atoms with van der Waals surface area (Å²) in [5.41, 5.74) is 0.723. The van der Waals surface area contributed by atoms with Gasteiger partial charge in [-0.3, -0.25) is 4.90 Å². The Morgan fingerprint density at radius 1 is 1.50 bits per heavy atom. The fraction of sp³-hybridized carbons (Fsp3) is 0.462. The standard InChI is InChI=1S/C13H17FN2/c1-3-4-8-16(2)13(10-15)11-6-5-7-12(14)9-11/h5-7,9,13H,3-4,8H2,1-2H3. The van der Waals surface area contributed by atoms with Crippen LogP contribution in [0.15, 0.2) is 24.3 Å². The number of unbranched alkanes of at least 4 members (excludes halogenated alkanes) is 1. The Labute approximate surface area is 96.3 Å². The van der Waals surface area contributed by atoms with Crippen molar-refractivity contribution in [3.05, 3.63) is 35.6 Å². The van der Waals surface area contributed by atoms with Crippen molar-refractivity contribution in [2.45, 2.75) is 25.8 Å². The minimum Gasteiger partial charge on any atom is -0.287 e. The average Bonchev–Trinajstić information content (AvgIpc) is 2.27. The molecule has 1 unspecified atom stereocenters. The van der Waals surface area contributed by atoms with Crippen LogP contribution in [0.4, 0.5) is 4.39 Å². The lowest BCUT2D eigenvalue weighted by molar-refractivity contribution is 0.286. The highest BCUT2D eigenvalue weighted by Gasteiger charge is 2.15. The predicted octanol–water partition coefficient (Wildman–Crippen LogP) is 3.12. The van der Waals surface area contributed by atoms with Crippen molar-refractivity contribution in [1.82, 2.24) is 4.90 Å². The van der Waals surface area contributed by atoms with E-state index in [1.54, 1.807) is 12.1 Å². The first-order valence-electron chi connectivity index (χ1n) is 5.54. The van der Waals surface area contributed by atoms with Crippen molar-refractivity contribution in [2.24, 2.45) is 0 Å². The molecule has 0 saturated heterocycles. The van der Waals surface area contributed by atoms with Crippen molar-refractivity contribution in [2.75, 3.05) is 13.6 Å². The first-order valence-corrected chi connectivity index (χ1v) is 5.54. The van der Waals surface area contributed by atoms with Crippen molar-refractivity contribution in [3.8, 4) is 6.07 Å². The summed E-state index contributed by atoms with van der Waals surface area (Å²) in [6.45, 7) is 2.96. The number of hydrogen-bond donors (Lipinski definition) is 0. The summed E-state index contributed by atoms with van der Waals surface area (Å²) in [7, 11) is 1.90. The average molecular weight is 220 g/mol. The zero-order valence-electron chi connectivity index (χ0n) is 9.78. The first-order chi connectivity index (χ1) is 7.69. The van der Waals surface area contributed by atoms with Gasteiger partial charge >= 0.3 is 0 Å². The molecule has 1 aromatic rings. The zero-order valence-corrected chi connectivity index (χ0v) is 9.78. The molecule has 0 bridgehead atoms. The van der Waals surface area contributed by atoms with Crippen LogP contribution in [-0.4, -0.2) is 18.5 Å². The molecule has 0 spiro atoms. The third-order valence-electron chi connectivity index (χ3n) is 2.59. The maximum Gasteiger partial charge on any atom is 0.123 e. The zero-order chi connectivity index (χ0) is 12.0. The lowest BCUT2D eigenvalue weighted by Crippen LogP contribution is -2.24. The van der Waals surface area contributed by atoms with E-state index in [-0.39, 0.29) is 11.9 Å². The molecule has 0 aromatic heterocycles. The largest absolute Gasteiger partial charge is 0.287 e. The van der Waals surface area contributed by atoms with E-state index in [0.717, 1.165) is 24.9 Å². The third-order valence-corrected chi connectivity index (χ3v) is 2.59. The number of nitriles is 1. The van der Waals surface area contributed by atoms with Crippen LogP contribution >= 0.6 is 0 Å². The maximum absolute atomic E-state index is 13.1. The second-order valence-electron chi connectivity index (χ2n) is 3.92. The lowest BCUT2D eigenvalue weighted by Gasteiger charge is -2.22. The van der Waals surface area contributed by atoms with E-state index in [1.165, 1.54) is 12.1 Å². The Morgan fingerprint density at radius 3 is 2.81 bits per heavy atom. The molecule has 86 valence electrons. The van der Waals surface area contributed by atoms with Gasteiger partial charge in [0, 0.05) is 0 Å². The van der Waals surface area contributed by atoms with E-state index < -0.39 is 0 Å². The second kappa shape index (κ2) is 6.24. The molecule has 0 fully saturated rings. The molecule has 0 aliphatic carbocycles. The van der Waals surface area contributed by atoms with Crippen LogP contribution in [0.1, 0.15) is 31.4 Å². The summed E-state index contributed by atoms with van der Waals surface area (Å²) in [5, 5.41) is 9.13. The third kappa shape index (κ3) is 3.32. The molecular formula is C13H17FN2. The van der Waals surface area contributed by atoms with Crippen LogP contribution in [0.25, 0.3) is 0 Å². The number of rotatable bonds is 5. The van der Waals surface area contributed by atoms with Crippen molar-refractivity contribution < 1.29 is 4.39 Å². The van der Waals surface area contributed by atoms with Crippen molar-refractivity contribution >= 4 is 0 Å². The molecule has 1 atom stereocenters. The molecule has 0 radical (unpaired) electrons. The fourth-order valence-corrected chi connectivity index (χ4v) is 1.64. The lowest BCUT2D eigenvalue weighted by atomic mass is 10.1. The minimum absolute atomic E-state index is 0.290. The van der Waals surface area contributed by atoms with Gasteiger partial charge in [-0.1, -0.05) is 25.5 Å². The fourth-order valence-electron chi connectivity index (χ4n) is 1.64. The molecular weight excluding hydrogens is 203 g/mol. The molecule has 0 N–H and O–H groups in total.